The summed E-state index contributed by atoms with van der Waals surface area (Å²) < 4.78 is 5.93. The van der Waals surface area contributed by atoms with Crippen LogP contribution >= 0.6 is 11.3 Å². The number of rotatable bonds is 2. The van der Waals surface area contributed by atoms with Crippen LogP contribution < -0.4 is 0 Å². The third-order valence-corrected chi connectivity index (χ3v) is 4.42. The number of hydrogen-bond donors (Lipinski definition) is 0. The summed E-state index contributed by atoms with van der Waals surface area (Å²) in [5, 5.41) is 1.08. The van der Waals surface area contributed by atoms with Crippen molar-refractivity contribution in [3.63, 3.8) is 0 Å². The highest BCUT2D eigenvalue weighted by Gasteiger charge is 2.13. The molecule has 3 heteroatoms. The molecular weight excluding hydrogens is 268 g/mol. The van der Waals surface area contributed by atoms with Crippen molar-refractivity contribution in [1.82, 2.24) is 0 Å². The number of methoxy groups -OCH3 is 1. The van der Waals surface area contributed by atoms with Gasteiger partial charge in [-0.2, -0.15) is 0 Å². The number of esters is 1. The van der Waals surface area contributed by atoms with Crippen LogP contribution in [0.4, 0.5) is 0 Å². The molecule has 0 amide bonds. The molecule has 0 spiro atoms. The molecule has 2 aromatic carbocycles. The van der Waals surface area contributed by atoms with E-state index in [0.29, 0.717) is 4.88 Å². The van der Waals surface area contributed by atoms with Crippen LogP contribution in [0, 0.1) is 6.92 Å². The number of thiophene rings is 1. The van der Waals surface area contributed by atoms with Gasteiger partial charge in [0.15, 0.2) is 0 Å². The quantitative estimate of drug-likeness (QED) is 0.639. The minimum atomic E-state index is -0.276. The maximum absolute atomic E-state index is 11.7. The van der Waals surface area contributed by atoms with Crippen molar-refractivity contribution >= 4 is 27.4 Å². The lowest BCUT2D eigenvalue weighted by atomic mass is 10.0. The molecule has 1 heterocycles. The van der Waals surface area contributed by atoms with Gasteiger partial charge in [-0.25, -0.2) is 4.79 Å². The van der Waals surface area contributed by atoms with Gasteiger partial charge in [-0.15, -0.1) is 11.3 Å². The monoisotopic (exact) mass is 282 g/mol. The topological polar surface area (TPSA) is 26.3 Å². The molecule has 0 atom stereocenters. The number of carbonyl (C=O) groups excluding carboxylic acids is 1. The minimum absolute atomic E-state index is 0.276. The Morgan fingerprint density at radius 3 is 2.65 bits per heavy atom. The molecule has 0 radical (unpaired) electrons. The fraction of sp³-hybridized carbons (Fsp3) is 0.118. The summed E-state index contributed by atoms with van der Waals surface area (Å²) >= 11 is 1.48. The molecular formula is C17H14O2S. The Bertz CT molecular complexity index is 787. The van der Waals surface area contributed by atoms with E-state index in [-0.39, 0.29) is 5.97 Å². The molecule has 2 nitrogen and oxygen atoms in total. The third kappa shape index (κ3) is 2.21. The van der Waals surface area contributed by atoms with Crippen molar-refractivity contribution in [2.45, 2.75) is 6.92 Å². The number of benzene rings is 2. The molecule has 3 aromatic rings. The molecule has 100 valence electrons. The van der Waals surface area contributed by atoms with Gasteiger partial charge >= 0.3 is 5.97 Å². The van der Waals surface area contributed by atoms with E-state index in [1.54, 1.807) is 0 Å². The Labute approximate surface area is 121 Å². The lowest BCUT2D eigenvalue weighted by molar-refractivity contribution is 0.0606. The average molecular weight is 282 g/mol. The Hall–Kier alpha value is -2.13. The molecule has 0 aliphatic carbocycles. The van der Waals surface area contributed by atoms with Crippen LogP contribution in [0.3, 0.4) is 0 Å². The van der Waals surface area contributed by atoms with E-state index in [2.05, 4.69) is 37.3 Å². The van der Waals surface area contributed by atoms with Gasteiger partial charge in [0.1, 0.15) is 4.88 Å². The first-order valence-corrected chi connectivity index (χ1v) is 7.18. The number of fused-ring (bicyclic) bond motifs is 1. The summed E-state index contributed by atoms with van der Waals surface area (Å²) in [7, 11) is 1.41. The minimum Gasteiger partial charge on any atom is -0.465 e. The second-order valence-electron chi connectivity index (χ2n) is 4.70. The Morgan fingerprint density at radius 1 is 1.10 bits per heavy atom. The van der Waals surface area contributed by atoms with Crippen LogP contribution in [0.25, 0.3) is 21.2 Å². The maximum atomic E-state index is 11.7. The summed E-state index contributed by atoms with van der Waals surface area (Å²) in [4.78, 5) is 12.3. The Kier molecular flexibility index (Phi) is 3.28. The summed E-state index contributed by atoms with van der Waals surface area (Å²) in [6.07, 6.45) is 0. The highest BCUT2D eigenvalue weighted by molar-refractivity contribution is 7.21. The van der Waals surface area contributed by atoms with E-state index in [4.69, 9.17) is 4.74 Å². The molecule has 0 N–H and O–H groups in total. The molecule has 0 fully saturated rings. The van der Waals surface area contributed by atoms with Gasteiger partial charge in [0, 0.05) is 4.70 Å². The first-order valence-electron chi connectivity index (χ1n) is 6.37. The van der Waals surface area contributed by atoms with Crippen molar-refractivity contribution in [2.24, 2.45) is 0 Å². The molecule has 0 unspecified atom stereocenters. The number of carbonyl (C=O) groups is 1. The third-order valence-electron chi connectivity index (χ3n) is 3.26. The number of hydrogen-bond acceptors (Lipinski definition) is 3. The summed E-state index contributed by atoms with van der Waals surface area (Å²) in [6.45, 7) is 2.08. The fourth-order valence-electron chi connectivity index (χ4n) is 2.30. The molecule has 0 aliphatic heterocycles. The zero-order valence-corrected chi connectivity index (χ0v) is 12.2. The van der Waals surface area contributed by atoms with E-state index < -0.39 is 0 Å². The van der Waals surface area contributed by atoms with E-state index in [0.717, 1.165) is 15.6 Å². The predicted molar refractivity (Wildman–Crippen MR) is 83.3 cm³/mol. The molecule has 0 aliphatic rings. The van der Waals surface area contributed by atoms with Gasteiger partial charge in [0.05, 0.1) is 7.11 Å². The second-order valence-corrected chi connectivity index (χ2v) is 5.75. The largest absolute Gasteiger partial charge is 0.465 e. The van der Waals surface area contributed by atoms with Crippen LogP contribution in [0.15, 0.2) is 48.5 Å². The standard InChI is InChI=1S/C17H14O2S/c1-11-5-3-6-12(9-11)14-8-4-7-13-10-15(17(18)19-2)20-16(13)14/h3-10H,1-2H3. The van der Waals surface area contributed by atoms with Gasteiger partial charge in [0.25, 0.3) is 0 Å². The van der Waals surface area contributed by atoms with Crippen LogP contribution in [0.1, 0.15) is 15.2 Å². The van der Waals surface area contributed by atoms with E-state index >= 15 is 0 Å². The summed E-state index contributed by atoms with van der Waals surface area (Å²) in [5.74, 6) is -0.276. The molecule has 0 bridgehead atoms. The highest BCUT2D eigenvalue weighted by Crippen LogP contribution is 2.35. The molecule has 1 aromatic heterocycles. The highest BCUT2D eigenvalue weighted by atomic mass is 32.1. The maximum Gasteiger partial charge on any atom is 0.348 e. The van der Waals surface area contributed by atoms with Crippen LogP contribution in [-0.2, 0) is 4.74 Å². The second kappa shape index (κ2) is 5.10. The SMILES string of the molecule is COC(=O)c1cc2cccc(-c3cccc(C)c3)c2s1. The van der Waals surface area contributed by atoms with Crippen molar-refractivity contribution in [3.8, 4) is 11.1 Å². The first-order chi connectivity index (χ1) is 9.69. The molecule has 0 saturated heterocycles. The first kappa shape index (κ1) is 12.9. The van der Waals surface area contributed by atoms with Crippen molar-refractivity contribution in [2.75, 3.05) is 7.11 Å². The van der Waals surface area contributed by atoms with Gasteiger partial charge in [-0.1, -0.05) is 48.0 Å². The normalized spacial score (nSPS) is 10.7. The molecule has 3 rings (SSSR count). The van der Waals surface area contributed by atoms with Crippen LogP contribution in [0.2, 0.25) is 0 Å². The average Bonchev–Trinajstić information content (AvgIpc) is 2.90. The van der Waals surface area contributed by atoms with Gasteiger partial charge in [-0.3, -0.25) is 0 Å². The van der Waals surface area contributed by atoms with Gasteiger partial charge < -0.3 is 4.74 Å². The lowest BCUT2D eigenvalue weighted by Gasteiger charge is -2.04. The fourth-order valence-corrected chi connectivity index (χ4v) is 3.42. The zero-order valence-electron chi connectivity index (χ0n) is 11.3. The summed E-state index contributed by atoms with van der Waals surface area (Å²) in [6, 6.07) is 16.4. The van der Waals surface area contributed by atoms with Crippen LogP contribution in [-0.4, -0.2) is 13.1 Å². The smallest absolute Gasteiger partial charge is 0.348 e. The van der Waals surface area contributed by atoms with Crippen molar-refractivity contribution < 1.29 is 9.53 Å². The van der Waals surface area contributed by atoms with Crippen molar-refractivity contribution in [3.05, 3.63) is 59.0 Å². The van der Waals surface area contributed by atoms with E-state index in [9.17, 15) is 4.79 Å². The van der Waals surface area contributed by atoms with Gasteiger partial charge in [-0.05, 0) is 29.5 Å². The summed E-state index contributed by atoms with van der Waals surface area (Å²) in [5.41, 5.74) is 3.56. The predicted octanol–water partition coefficient (Wildman–Crippen LogP) is 4.66. The number of aryl methyl sites for hydroxylation is 1. The Balaban J connectivity index is 2.21. The zero-order chi connectivity index (χ0) is 14.1. The molecule has 0 saturated carbocycles. The molecule has 20 heavy (non-hydrogen) atoms. The Morgan fingerprint density at radius 2 is 1.90 bits per heavy atom. The van der Waals surface area contributed by atoms with Crippen LogP contribution in [0.5, 0.6) is 0 Å². The van der Waals surface area contributed by atoms with E-state index in [1.807, 2.05) is 18.2 Å². The number of ether oxygens (including phenoxy) is 1. The lowest BCUT2D eigenvalue weighted by Crippen LogP contribution is -1.96. The van der Waals surface area contributed by atoms with Gasteiger partial charge in [0.2, 0.25) is 0 Å². The van der Waals surface area contributed by atoms with E-state index in [1.165, 1.54) is 29.6 Å². The van der Waals surface area contributed by atoms with Crippen molar-refractivity contribution in [1.29, 1.82) is 0 Å².